The molecule has 120 valence electrons. The number of carbonyl (C=O) groups excluding carboxylic acids is 1. The minimum absolute atomic E-state index is 0.00151. The quantitative estimate of drug-likeness (QED) is 0.849. The Morgan fingerprint density at radius 2 is 2.00 bits per heavy atom. The van der Waals surface area contributed by atoms with Crippen LogP contribution in [-0.4, -0.2) is 17.6 Å². The third-order valence-corrected chi connectivity index (χ3v) is 4.58. The summed E-state index contributed by atoms with van der Waals surface area (Å²) in [4.78, 5) is 12.5. The van der Waals surface area contributed by atoms with E-state index < -0.39 is 0 Å². The van der Waals surface area contributed by atoms with Crippen LogP contribution in [0.4, 0.5) is 0 Å². The lowest BCUT2D eigenvalue weighted by atomic mass is 10.0. The molecule has 0 heterocycles. The Morgan fingerprint density at radius 3 is 2.70 bits per heavy atom. The summed E-state index contributed by atoms with van der Waals surface area (Å²) >= 11 is 6.02. The number of benzene rings is 2. The molecular weight excluding hydrogens is 310 g/mol. The molecule has 1 fully saturated rings. The van der Waals surface area contributed by atoms with Crippen LogP contribution in [0.3, 0.4) is 0 Å². The molecule has 3 rings (SSSR count). The molecule has 0 spiro atoms. The van der Waals surface area contributed by atoms with Crippen molar-refractivity contribution in [3.05, 3.63) is 70.7 Å². The number of hydrogen-bond acceptors (Lipinski definition) is 2. The van der Waals surface area contributed by atoms with E-state index in [-0.39, 0.29) is 30.4 Å². The van der Waals surface area contributed by atoms with E-state index in [0.717, 1.165) is 17.5 Å². The molecule has 3 unspecified atom stereocenters. The number of amides is 1. The summed E-state index contributed by atoms with van der Waals surface area (Å²) in [5.41, 5.74) is 2.14. The highest BCUT2D eigenvalue weighted by Crippen LogP contribution is 2.48. The van der Waals surface area contributed by atoms with Crippen molar-refractivity contribution in [2.24, 2.45) is 5.92 Å². The SMILES string of the molecule is O=C(NC(CCO)c1ccccc1)C1CC1c1cccc(Cl)c1. The van der Waals surface area contributed by atoms with Gasteiger partial charge in [-0.3, -0.25) is 4.79 Å². The Labute approximate surface area is 141 Å². The van der Waals surface area contributed by atoms with Crippen molar-refractivity contribution in [2.75, 3.05) is 6.61 Å². The first-order valence-electron chi connectivity index (χ1n) is 7.90. The molecule has 1 saturated carbocycles. The molecular formula is C19H20ClNO2. The fourth-order valence-corrected chi connectivity index (χ4v) is 3.20. The van der Waals surface area contributed by atoms with Crippen molar-refractivity contribution in [2.45, 2.75) is 24.8 Å². The molecule has 1 amide bonds. The van der Waals surface area contributed by atoms with Crippen LogP contribution >= 0.6 is 11.6 Å². The number of carbonyl (C=O) groups is 1. The van der Waals surface area contributed by atoms with Gasteiger partial charge in [0.05, 0.1) is 6.04 Å². The lowest BCUT2D eigenvalue weighted by molar-refractivity contribution is -0.123. The van der Waals surface area contributed by atoms with Crippen molar-refractivity contribution < 1.29 is 9.90 Å². The van der Waals surface area contributed by atoms with E-state index in [1.165, 1.54) is 0 Å². The van der Waals surface area contributed by atoms with Gasteiger partial charge in [-0.15, -0.1) is 0 Å². The average Bonchev–Trinajstić information content (AvgIpc) is 3.36. The van der Waals surface area contributed by atoms with E-state index in [1.54, 1.807) is 0 Å². The smallest absolute Gasteiger partial charge is 0.224 e. The van der Waals surface area contributed by atoms with Crippen molar-refractivity contribution in [3.8, 4) is 0 Å². The van der Waals surface area contributed by atoms with Crippen LogP contribution in [0.2, 0.25) is 5.02 Å². The summed E-state index contributed by atoms with van der Waals surface area (Å²) < 4.78 is 0. The van der Waals surface area contributed by atoms with Crippen LogP contribution in [0.1, 0.15) is 35.9 Å². The molecule has 2 aromatic carbocycles. The first-order chi connectivity index (χ1) is 11.2. The van der Waals surface area contributed by atoms with Gasteiger partial charge < -0.3 is 10.4 Å². The molecule has 0 radical (unpaired) electrons. The largest absolute Gasteiger partial charge is 0.396 e. The number of halogens is 1. The zero-order valence-electron chi connectivity index (χ0n) is 12.8. The van der Waals surface area contributed by atoms with Crippen LogP contribution in [0.25, 0.3) is 0 Å². The second kappa shape index (κ2) is 7.16. The molecule has 0 aliphatic heterocycles. The molecule has 1 aliphatic rings. The molecule has 0 bridgehead atoms. The maximum absolute atomic E-state index is 12.5. The summed E-state index contributed by atoms with van der Waals surface area (Å²) in [5.74, 6) is 0.301. The van der Waals surface area contributed by atoms with E-state index in [9.17, 15) is 9.90 Å². The number of nitrogens with one attached hydrogen (secondary N) is 1. The topological polar surface area (TPSA) is 49.3 Å². The van der Waals surface area contributed by atoms with Crippen molar-refractivity contribution in [1.82, 2.24) is 5.32 Å². The molecule has 3 nitrogen and oxygen atoms in total. The predicted octanol–water partition coefficient (Wildman–Crippen LogP) is 3.68. The minimum atomic E-state index is -0.144. The summed E-state index contributed by atoms with van der Waals surface area (Å²) in [7, 11) is 0. The fraction of sp³-hybridized carbons (Fsp3) is 0.316. The summed E-state index contributed by atoms with van der Waals surface area (Å²) in [6.45, 7) is 0.0439. The van der Waals surface area contributed by atoms with E-state index >= 15 is 0 Å². The van der Waals surface area contributed by atoms with Gasteiger partial charge in [-0.1, -0.05) is 54.1 Å². The van der Waals surface area contributed by atoms with Gasteiger partial charge in [-0.05, 0) is 42.0 Å². The molecule has 2 aromatic rings. The van der Waals surface area contributed by atoms with Crippen LogP contribution in [0, 0.1) is 5.92 Å². The average molecular weight is 330 g/mol. The molecule has 0 saturated heterocycles. The van der Waals surface area contributed by atoms with Gasteiger partial charge in [-0.2, -0.15) is 0 Å². The van der Waals surface area contributed by atoms with Crippen LogP contribution in [-0.2, 0) is 4.79 Å². The lowest BCUT2D eigenvalue weighted by Crippen LogP contribution is -2.30. The van der Waals surface area contributed by atoms with Gasteiger partial charge in [0.2, 0.25) is 5.91 Å². The first kappa shape index (κ1) is 16.0. The van der Waals surface area contributed by atoms with E-state index in [4.69, 9.17) is 11.6 Å². The summed E-state index contributed by atoms with van der Waals surface area (Å²) in [6, 6.07) is 17.3. The normalized spacial score (nSPS) is 20.8. The maximum atomic E-state index is 12.5. The van der Waals surface area contributed by atoms with Gasteiger partial charge in [-0.25, -0.2) is 0 Å². The molecule has 0 aromatic heterocycles. The molecule has 2 N–H and O–H groups in total. The molecule has 1 aliphatic carbocycles. The van der Waals surface area contributed by atoms with Gasteiger partial charge in [0.1, 0.15) is 0 Å². The Kier molecular flexibility index (Phi) is 4.99. The van der Waals surface area contributed by atoms with E-state index in [2.05, 4.69) is 5.32 Å². The van der Waals surface area contributed by atoms with Crippen LogP contribution in [0.15, 0.2) is 54.6 Å². The van der Waals surface area contributed by atoms with E-state index in [1.807, 2.05) is 54.6 Å². The summed E-state index contributed by atoms with van der Waals surface area (Å²) in [6.07, 6.45) is 1.37. The second-order valence-electron chi connectivity index (χ2n) is 5.99. The zero-order chi connectivity index (χ0) is 16.2. The number of aliphatic hydroxyl groups excluding tert-OH is 1. The minimum Gasteiger partial charge on any atom is -0.396 e. The first-order valence-corrected chi connectivity index (χ1v) is 8.28. The lowest BCUT2D eigenvalue weighted by Gasteiger charge is -2.18. The van der Waals surface area contributed by atoms with Crippen molar-refractivity contribution >= 4 is 17.5 Å². The maximum Gasteiger partial charge on any atom is 0.224 e. The highest BCUT2D eigenvalue weighted by atomic mass is 35.5. The molecule has 3 atom stereocenters. The van der Waals surface area contributed by atoms with Crippen LogP contribution < -0.4 is 5.32 Å². The third-order valence-electron chi connectivity index (χ3n) is 4.34. The molecule has 4 heteroatoms. The van der Waals surface area contributed by atoms with Gasteiger partial charge in [0.15, 0.2) is 0 Å². The standard InChI is InChI=1S/C19H20ClNO2/c20-15-8-4-7-14(11-15)16-12-17(16)19(23)21-18(9-10-22)13-5-2-1-3-6-13/h1-8,11,16-18,22H,9-10,12H2,(H,21,23). The monoisotopic (exact) mass is 329 g/mol. The number of hydrogen-bond donors (Lipinski definition) is 2. The second-order valence-corrected chi connectivity index (χ2v) is 6.42. The number of rotatable bonds is 6. The Morgan fingerprint density at radius 1 is 1.22 bits per heavy atom. The van der Waals surface area contributed by atoms with Gasteiger partial charge in [0, 0.05) is 17.5 Å². The fourth-order valence-electron chi connectivity index (χ4n) is 3.01. The summed E-state index contributed by atoms with van der Waals surface area (Å²) in [5, 5.41) is 13.0. The molecule has 23 heavy (non-hydrogen) atoms. The van der Waals surface area contributed by atoms with Crippen LogP contribution in [0.5, 0.6) is 0 Å². The van der Waals surface area contributed by atoms with Gasteiger partial charge in [0.25, 0.3) is 0 Å². The Bertz CT molecular complexity index is 674. The highest BCUT2D eigenvalue weighted by molar-refractivity contribution is 6.30. The zero-order valence-corrected chi connectivity index (χ0v) is 13.5. The van der Waals surface area contributed by atoms with Gasteiger partial charge >= 0.3 is 0 Å². The Hall–Kier alpha value is -1.84. The third kappa shape index (κ3) is 3.92. The van der Waals surface area contributed by atoms with E-state index in [0.29, 0.717) is 11.4 Å². The van der Waals surface area contributed by atoms with Crippen molar-refractivity contribution in [3.63, 3.8) is 0 Å². The number of aliphatic hydroxyl groups is 1. The predicted molar refractivity (Wildman–Crippen MR) is 91.3 cm³/mol. The van der Waals surface area contributed by atoms with Crippen molar-refractivity contribution in [1.29, 1.82) is 0 Å². The Balaban J connectivity index is 1.64. The highest BCUT2D eigenvalue weighted by Gasteiger charge is 2.44.